The molecule has 1 saturated heterocycles. The van der Waals surface area contributed by atoms with Gasteiger partial charge in [-0.1, -0.05) is 11.6 Å². The van der Waals surface area contributed by atoms with Crippen molar-refractivity contribution in [2.75, 3.05) is 18.8 Å². The molecule has 0 spiro atoms. The molecule has 0 amide bonds. The van der Waals surface area contributed by atoms with Crippen LogP contribution in [0.1, 0.15) is 32.4 Å². The Balaban J connectivity index is 2.13. The summed E-state index contributed by atoms with van der Waals surface area (Å²) in [6, 6.07) is 2.75. The standard InChI is InChI=1S/C14H21NO5S2/c1-12(2)7-10-21(16,17)11-13-5-6-14(20-13)22(18,19)15-8-3-4-9-15/h5-7H,3-4,8-11H2,1-2H3. The van der Waals surface area contributed by atoms with E-state index in [1.165, 1.54) is 16.4 Å². The summed E-state index contributed by atoms with van der Waals surface area (Å²) in [5.74, 6) is -0.226. The number of sulfone groups is 1. The minimum absolute atomic E-state index is 0.0791. The number of hydrogen-bond acceptors (Lipinski definition) is 5. The van der Waals surface area contributed by atoms with Gasteiger partial charge in [0.05, 0.1) is 5.75 Å². The Morgan fingerprint density at radius 1 is 1.18 bits per heavy atom. The lowest BCUT2D eigenvalue weighted by Crippen LogP contribution is -2.27. The largest absolute Gasteiger partial charge is 0.447 e. The average Bonchev–Trinajstić information content (AvgIpc) is 3.07. The minimum Gasteiger partial charge on any atom is -0.447 e. The van der Waals surface area contributed by atoms with E-state index >= 15 is 0 Å². The van der Waals surface area contributed by atoms with Crippen molar-refractivity contribution >= 4 is 19.9 Å². The minimum atomic E-state index is -3.64. The van der Waals surface area contributed by atoms with Crippen LogP contribution in [0.25, 0.3) is 0 Å². The predicted molar refractivity (Wildman–Crippen MR) is 83.6 cm³/mol. The second-order valence-corrected chi connectivity index (χ2v) is 9.65. The van der Waals surface area contributed by atoms with Gasteiger partial charge in [0.15, 0.2) is 9.84 Å². The first-order valence-corrected chi connectivity index (χ1v) is 10.4. The van der Waals surface area contributed by atoms with Gasteiger partial charge in [0.25, 0.3) is 10.0 Å². The fraction of sp³-hybridized carbons (Fsp3) is 0.571. The van der Waals surface area contributed by atoms with Crippen LogP contribution in [-0.2, 0) is 25.6 Å². The highest BCUT2D eigenvalue weighted by Crippen LogP contribution is 2.23. The average molecular weight is 347 g/mol. The molecule has 2 rings (SSSR count). The van der Waals surface area contributed by atoms with Gasteiger partial charge in [0, 0.05) is 13.1 Å². The van der Waals surface area contributed by atoms with Crippen molar-refractivity contribution in [1.29, 1.82) is 0 Å². The van der Waals surface area contributed by atoms with E-state index in [1.54, 1.807) is 6.08 Å². The van der Waals surface area contributed by atoms with Gasteiger partial charge in [-0.15, -0.1) is 0 Å². The molecule has 0 N–H and O–H groups in total. The first kappa shape index (κ1) is 17.2. The molecule has 124 valence electrons. The number of nitrogens with zero attached hydrogens (tertiary/aromatic N) is 1. The van der Waals surface area contributed by atoms with Crippen molar-refractivity contribution < 1.29 is 21.3 Å². The van der Waals surface area contributed by atoms with Crippen molar-refractivity contribution in [3.05, 3.63) is 29.5 Å². The lowest BCUT2D eigenvalue weighted by Gasteiger charge is -2.12. The van der Waals surface area contributed by atoms with E-state index < -0.39 is 19.9 Å². The summed E-state index contributed by atoms with van der Waals surface area (Å²) in [7, 11) is -7.00. The third-order valence-corrected chi connectivity index (χ3v) is 6.58. The second kappa shape index (κ2) is 6.55. The van der Waals surface area contributed by atoms with E-state index in [4.69, 9.17) is 4.42 Å². The normalized spacial score (nSPS) is 16.8. The van der Waals surface area contributed by atoms with Gasteiger partial charge in [-0.3, -0.25) is 0 Å². The lowest BCUT2D eigenvalue weighted by molar-refractivity contribution is 0.395. The molecule has 1 aromatic heterocycles. The molecule has 0 aliphatic carbocycles. The summed E-state index contributed by atoms with van der Waals surface area (Å²) in [6.07, 6.45) is 3.30. The molecule has 0 radical (unpaired) electrons. The first-order valence-electron chi connectivity index (χ1n) is 7.13. The van der Waals surface area contributed by atoms with Gasteiger partial charge in [-0.05, 0) is 38.8 Å². The zero-order valence-corrected chi connectivity index (χ0v) is 14.4. The van der Waals surface area contributed by atoms with Gasteiger partial charge >= 0.3 is 0 Å². The Hall–Kier alpha value is -1.12. The summed E-state index contributed by atoms with van der Waals surface area (Å²) in [5, 5.41) is -0.179. The highest BCUT2D eigenvalue weighted by Gasteiger charge is 2.30. The molecule has 1 aliphatic heterocycles. The van der Waals surface area contributed by atoms with E-state index in [0.29, 0.717) is 13.1 Å². The summed E-state index contributed by atoms with van der Waals surface area (Å²) in [4.78, 5) is 0. The molecule has 0 saturated carbocycles. The molecule has 8 heteroatoms. The number of rotatable bonds is 6. The molecule has 0 unspecified atom stereocenters. The third-order valence-electron chi connectivity index (χ3n) is 3.40. The van der Waals surface area contributed by atoms with Gasteiger partial charge in [0.1, 0.15) is 11.5 Å². The molecular weight excluding hydrogens is 326 g/mol. The summed E-state index contributed by atoms with van der Waals surface area (Å²) < 4.78 is 55.2. The third kappa shape index (κ3) is 4.21. The monoisotopic (exact) mass is 347 g/mol. The second-order valence-electron chi connectivity index (χ2n) is 5.67. The molecule has 2 heterocycles. The van der Waals surface area contributed by atoms with Crippen LogP contribution in [0.3, 0.4) is 0 Å². The highest BCUT2D eigenvalue weighted by molar-refractivity contribution is 7.90. The van der Waals surface area contributed by atoms with Crippen LogP contribution in [0.5, 0.6) is 0 Å². The van der Waals surface area contributed by atoms with Crippen molar-refractivity contribution in [2.45, 2.75) is 37.5 Å². The van der Waals surface area contributed by atoms with Gasteiger partial charge in [-0.2, -0.15) is 4.31 Å². The molecule has 0 aromatic carbocycles. The summed E-state index contributed by atoms with van der Waals surface area (Å²) in [5.41, 5.74) is 0.917. The van der Waals surface area contributed by atoms with Crippen LogP contribution < -0.4 is 0 Å². The summed E-state index contributed by atoms with van der Waals surface area (Å²) >= 11 is 0. The predicted octanol–water partition coefficient (Wildman–Crippen LogP) is 1.95. The molecule has 1 aliphatic rings. The van der Waals surface area contributed by atoms with Crippen LogP contribution in [0.15, 0.2) is 33.3 Å². The smallest absolute Gasteiger partial charge is 0.276 e. The van der Waals surface area contributed by atoms with Crippen molar-refractivity contribution in [3.63, 3.8) is 0 Å². The Kier molecular flexibility index (Phi) is 5.14. The van der Waals surface area contributed by atoms with Gasteiger partial charge in [0.2, 0.25) is 5.09 Å². The van der Waals surface area contributed by atoms with Crippen LogP contribution >= 0.6 is 0 Å². The SMILES string of the molecule is CC(C)=CCS(=O)(=O)Cc1ccc(S(=O)(=O)N2CCCC2)o1. The Bertz CT molecular complexity index is 749. The molecule has 1 fully saturated rings. The molecule has 22 heavy (non-hydrogen) atoms. The maximum Gasteiger partial charge on any atom is 0.276 e. The highest BCUT2D eigenvalue weighted by atomic mass is 32.2. The van der Waals surface area contributed by atoms with Crippen molar-refractivity contribution in [1.82, 2.24) is 4.31 Å². The molecule has 0 bridgehead atoms. The Labute approximate surface area is 131 Å². The van der Waals surface area contributed by atoms with Crippen LogP contribution in [0.2, 0.25) is 0 Å². The maximum atomic E-state index is 12.3. The van der Waals surface area contributed by atoms with Crippen LogP contribution in [0.4, 0.5) is 0 Å². The Morgan fingerprint density at radius 3 is 2.41 bits per heavy atom. The maximum absolute atomic E-state index is 12.3. The Morgan fingerprint density at radius 2 is 1.82 bits per heavy atom. The van der Waals surface area contributed by atoms with Gasteiger partial charge in [-0.25, -0.2) is 16.8 Å². The van der Waals surface area contributed by atoms with E-state index in [9.17, 15) is 16.8 Å². The van der Waals surface area contributed by atoms with Crippen LogP contribution in [-0.4, -0.2) is 40.0 Å². The van der Waals surface area contributed by atoms with Crippen molar-refractivity contribution in [2.24, 2.45) is 0 Å². The first-order chi connectivity index (χ1) is 10.2. The van der Waals surface area contributed by atoms with E-state index in [1.807, 2.05) is 13.8 Å². The van der Waals surface area contributed by atoms with Crippen LogP contribution in [0, 0.1) is 0 Å². The van der Waals surface area contributed by atoms with E-state index in [2.05, 4.69) is 0 Å². The number of allylic oxidation sites excluding steroid dienone is 1. The fourth-order valence-corrected chi connectivity index (χ4v) is 4.94. The van der Waals surface area contributed by atoms with E-state index in [0.717, 1.165) is 18.4 Å². The molecule has 0 atom stereocenters. The molecule has 6 nitrogen and oxygen atoms in total. The molecular formula is C14H21NO5S2. The quantitative estimate of drug-likeness (QED) is 0.734. The number of sulfonamides is 1. The van der Waals surface area contributed by atoms with Gasteiger partial charge < -0.3 is 4.42 Å². The zero-order valence-electron chi connectivity index (χ0n) is 12.8. The van der Waals surface area contributed by atoms with E-state index in [-0.39, 0.29) is 22.4 Å². The zero-order chi connectivity index (χ0) is 16.4. The number of hydrogen-bond donors (Lipinski definition) is 0. The number of furan rings is 1. The molecule has 1 aromatic rings. The van der Waals surface area contributed by atoms with Crippen molar-refractivity contribution in [3.8, 4) is 0 Å². The summed E-state index contributed by atoms with van der Waals surface area (Å²) in [6.45, 7) is 4.61. The lowest BCUT2D eigenvalue weighted by atomic mass is 10.3. The topological polar surface area (TPSA) is 84.7 Å². The fourth-order valence-electron chi connectivity index (χ4n) is 2.20.